The number of amides is 2. The molecule has 2 aromatic rings. The average molecular weight is 481 g/mol. The lowest BCUT2D eigenvalue weighted by Gasteiger charge is -2.31. The number of ether oxygens (including phenoxy) is 1. The molecule has 0 radical (unpaired) electrons. The van der Waals surface area contributed by atoms with Gasteiger partial charge >= 0.3 is 6.03 Å². The number of aromatic nitrogens is 2. The largest absolute Gasteiger partial charge is 0.378 e. The van der Waals surface area contributed by atoms with Crippen LogP contribution < -0.4 is 9.80 Å². The third-order valence-electron chi connectivity index (χ3n) is 7.88. The van der Waals surface area contributed by atoms with Gasteiger partial charge in [-0.3, -0.25) is 9.69 Å². The van der Waals surface area contributed by atoms with E-state index in [0.717, 1.165) is 71.9 Å². The van der Waals surface area contributed by atoms with Gasteiger partial charge in [-0.2, -0.15) is 9.78 Å². The van der Waals surface area contributed by atoms with E-state index in [9.17, 15) is 9.59 Å². The zero-order chi connectivity index (χ0) is 24.6. The SMILES string of the molecule is CC(=O)N(C)c1cnn(C(=O)N2CCC3(CCN(Cc4ccc(C)c(N5CCOCC5)c4)C3)C2)c1. The molecule has 3 saturated heterocycles. The molecule has 5 rings (SSSR count). The first-order valence-corrected chi connectivity index (χ1v) is 12.6. The molecule has 0 aliphatic carbocycles. The molecule has 9 heteroatoms. The topological polar surface area (TPSA) is 74.2 Å². The summed E-state index contributed by atoms with van der Waals surface area (Å²) in [4.78, 5) is 33.1. The fourth-order valence-corrected chi connectivity index (χ4v) is 5.67. The lowest BCUT2D eigenvalue weighted by atomic mass is 9.86. The molecule has 188 valence electrons. The minimum absolute atomic E-state index is 0.0891. The summed E-state index contributed by atoms with van der Waals surface area (Å²) in [5.41, 5.74) is 4.76. The Morgan fingerprint density at radius 2 is 1.89 bits per heavy atom. The van der Waals surface area contributed by atoms with E-state index in [-0.39, 0.29) is 17.4 Å². The highest BCUT2D eigenvalue weighted by atomic mass is 16.5. The van der Waals surface area contributed by atoms with Gasteiger partial charge in [-0.25, -0.2) is 4.79 Å². The number of benzene rings is 1. The van der Waals surface area contributed by atoms with Crippen LogP contribution in [0.3, 0.4) is 0 Å². The zero-order valence-electron chi connectivity index (χ0n) is 21.1. The molecule has 1 atom stereocenters. The van der Waals surface area contributed by atoms with Crippen molar-refractivity contribution in [1.29, 1.82) is 0 Å². The first kappa shape index (κ1) is 23.8. The molecule has 3 fully saturated rings. The number of hydrogen-bond acceptors (Lipinski definition) is 6. The van der Waals surface area contributed by atoms with E-state index in [1.165, 1.54) is 33.3 Å². The summed E-state index contributed by atoms with van der Waals surface area (Å²) in [6, 6.07) is 6.73. The Bertz CT molecular complexity index is 1090. The summed E-state index contributed by atoms with van der Waals surface area (Å²) >= 11 is 0. The molecule has 1 unspecified atom stereocenters. The predicted octanol–water partition coefficient (Wildman–Crippen LogP) is 2.58. The lowest BCUT2D eigenvalue weighted by Crippen LogP contribution is -2.37. The number of hydrogen-bond donors (Lipinski definition) is 0. The smallest absolute Gasteiger partial charge is 0.344 e. The number of rotatable bonds is 4. The highest BCUT2D eigenvalue weighted by Crippen LogP contribution is 2.40. The second-order valence-electron chi connectivity index (χ2n) is 10.4. The van der Waals surface area contributed by atoms with E-state index in [1.807, 2.05) is 4.90 Å². The molecule has 1 spiro atoms. The number of likely N-dealkylation sites (tertiary alicyclic amines) is 2. The van der Waals surface area contributed by atoms with Crippen molar-refractivity contribution in [2.45, 2.75) is 33.2 Å². The number of anilines is 2. The van der Waals surface area contributed by atoms with E-state index in [4.69, 9.17) is 4.74 Å². The van der Waals surface area contributed by atoms with E-state index in [0.29, 0.717) is 5.69 Å². The van der Waals surface area contributed by atoms with Gasteiger partial charge in [0.2, 0.25) is 5.91 Å². The zero-order valence-corrected chi connectivity index (χ0v) is 21.1. The fourth-order valence-electron chi connectivity index (χ4n) is 5.67. The van der Waals surface area contributed by atoms with E-state index in [1.54, 1.807) is 19.4 Å². The quantitative estimate of drug-likeness (QED) is 0.670. The molecule has 4 heterocycles. The molecule has 2 amide bonds. The molecule has 3 aliphatic heterocycles. The van der Waals surface area contributed by atoms with Crippen LogP contribution in [0, 0.1) is 12.3 Å². The normalized spacial score (nSPS) is 22.8. The van der Waals surface area contributed by atoms with Gasteiger partial charge < -0.3 is 19.4 Å². The van der Waals surface area contributed by atoms with Crippen molar-refractivity contribution in [3.8, 4) is 0 Å². The molecular formula is C26H36N6O3. The molecular weight excluding hydrogens is 444 g/mol. The van der Waals surface area contributed by atoms with Crippen molar-refractivity contribution in [1.82, 2.24) is 19.6 Å². The summed E-state index contributed by atoms with van der Waals surface area (Å²) in [5, 5.41) is 4.21. The van der Waals surface area contributed by atoms with Crippen molar-refractivity contribution < 1.29 is 14.3 Å². The van der Waals surface area contributed by atoms with Gasteiger partial charge in [-0.05, 0) is 43.5 Å². The standard InChI is InChI=1S/C26H36N6O3/c1-20-4-5-22(14-24(20)30-10-12-35-13-11-30)16-29-8-6-26(18-29)7-9-31(19-26)25(34)32-17-23(15-27-32)28(3)21(2)33/h4-5,14-15,17H,6-13,16,18-19H2,1-3H3. The predicted molar refractivity (Wildman–Crippen MR) is 135 cm³/mol. The molecule has 0 bridgehead atoms. The number of morpholine rings is 1. The second-order valence-corrected chi connectivity index (χ2v) is 10.4. The highest BCUT2D eigenvalue weighted by Gasteiger charge is 2.45. The van der Waals surface area contributed by atoms with Crippen LogP contribution in [0.1, 0.15) is 30.9 Å². The number of nitrogens with zero attached hydrogens (tertiary/aromatic N) is 6. The number of carbonyl (C=O) groups excluding carboxylic acids is 2. The molecule has 1 aromatic heterocycles. The van der Waals surface area contributed by atoms with Crippen molar-refractivity contribution in [2.24, 2.45) is 5.41 Å². The number of aryl methyl sites for hydroxylation is 1. The van der Waals surface area contributed by atoms with E-state index >= 15 is 0 Å². The van der Waals surface area contributed by atoms with Crippen LogP contribution in [0.15, 0.2) is 30.6 Å². The highest BCUT2D eigenvalue weighted by molar-refractivity contribution is 5.91. The van der Waals surface area contributed by atoms with Crippen LogP contribution in [0.2, 0.25) is 0 Å². The summed E-state index contributed by atoms with van der Waals surface area (Å²) in [6.07, 6.45) is 5.33. The molecule has 3 aliphatic rings. The summed E-state index contributed by atoms with van der Waals surface area (Å²) in [7, 11) is 1.68. The van der Waals surface area contributed by atoms with Crippen molar-refractivity contribution in [3.05, 3.63) is 41.7 Å². The first-order valence-electron chi connectivity index (χ1n) is 12.6. The Labute approximate surface area is 207 Å². The van der Waals surface area contributed by atoms with Crippen LogP contribution in [0.25, 0.3) is 0 Å². The van der Waals surface area contributed by atoms with Gasteiger partial charge in [0.15, 0.2) is 0 Å². The molecule has 35 heavy (non-hydrogen) atoms. The van der Waals surface area contributed by atoms with Crippen molar-refractivity contribution in [3.63, 3.8) is 0 Å². The van der Waals surface area contributed by atoms with Gasteiger partial charge in [-0.1, -0.05) is 12.1 Å². The van der Waals surface area contributed by atoms with Crippen LogP contribution in [0.4, 0.5) is 16.2 Å². The van der Waals surface area contributed by atoms with Crippen LogP contribution in [-0.2, 0) is 16.1 Å². The number of carbonyl (C=O) groups is 2. The minimum Gasteiger partial charge on any atom is -0.378 e. The molecule has 0 N–H and O–H groups in total. The minimum atomic E-state index is -0.114. The van der Waals surface area contributed by atoms with Gasteiger partial charge in [0.1, 0.15) is 0 Å². The molecule has 9 nitrogen and oxygen atoms in total. The maximum Gasteiger partial charge on any atom is 0.344 e. The van der Waals surface area contributed by atoms with Crippen LogP contribution >= 0.6 is 0 Å². The third kappa shape index (κ3) is 4.92. The molecule has 0 saturated carbocycles. The van der Waals surface area contributed by atoms with Crippen molar-refractivity contribution in [2.75, 3.05) is 69.3 Å². The Morgan fingerprint density at radius 3 is 2.66 bits per heavy atom. The fraction of sp³-hybridized carbons (Fsp3) is 0.577. The Morgan fingerprint density at radius 1 is 1.11 bits per heavy atom. The van der Waals surface area contributed by atoms with Gasteiger partial charge in [-0.15, -0.1) is 0 Å². The van der Waals surface area contributed by atoms with Gasteiger partial charge in [0.05, 0.1) is 31.3 Å². The van der Waals surface area contributed by atoms with Gasteiger partial charge in [0, 0.05) is 64.3 Å². The maximum absolute atomic E-state index is 13.1. The average Bonchev–Trinajstić information content (AvgIpc) is 3.61. The third-order valence-corrected chi connectivity index (χ3v) is 7.88. The maximum atomic E-state index is 13.1. The van der Waals surface area contributed by atoms with Crippen LogP contribution in [-0.4, -0.2) is 91.0 Å². The van der Waals surface area contributed by atoms with E-state index in [2.05, 4.69) is 40.0 Å². The molecule has 1 aromatic carbocycles. The summed E-state index contributed by atoms with van der Waals surface area (Å²) in [5.74, 6) is -0.0891. The summed E-state index contributed by atoms with van der Waals surface area (Å²) in [6.45, 7) is 11.7. The Balaban J connectivity index is 1.20. The summed E-state index contributed by atoms with van der Waals surface area (Å²) < 4.78 is 6.89. The van der Waals surface area contributed by atoms with Crippen LogP contribution in [0.5, 0.6) is 0 Å². The van der Waals surface area contributed by atoms with Crippen molar-refractivity contribution >= 4 is 23.3 Å². The van der Waals surface area contributed by atoms with E-state index < -0.39 is 0 Å². The second kappa shape index (κ2) is 9.62. The Kier molecular flexibility index (Phi) is 6.55. The van der Waals surface area contributed by atoms with Gasteiger partial charge in [0.25, 0.3) is 0 Å². The Hall–Kier alpha value is -2.91. The lowest BCUT2D eigenvalue weighted by molar-refractivity contribution is -0.116. The monoisotopic (exact) mass is 480 g/mol. The first-order chi connectivity index (χ1) is 16.8.